The van der Waals surface area contributed by atoms with Gasteiger partial charge in [0.2, 0.25) is 11.7 Å². The van der Waals surface area contributed by atoms with E-state index in [1.54, 1.807) is 4.90 Å². The molecule has 3 aliphatic heterocycles. The molecular weight excluding hydrogens is 526 g/mol. The molecule has 0 aromatic carbocycles. The molecule has 9 nitrogen and oxygen atoms in total. The van der Waals surface area contributed by atoms with E-state index in [9.17, 15) is 23.6 Å². The molecule has 2 N–H and O–H groups in total. The highest BCUT2D eigenvalue weighted by Gasteiger charge is 2.46. The van der Waals surface area contributed by atoms with E-state index in [-0.39, 0.29) is 64.2 Å². The number of esters is 1. The minimum atomic E-state index is -1.11. The van der Waals surface area contributed by atoms with Gasteiger partial charge in [-0.15, -0.1) is 0 Å². The number of Topliss-reactive ketones (excluding diaryl/α,β-unsaturated/α-hetero) is 1. The number of nitrogen functional groups attached to an aromatic ring is 1. The minimum Gasteiger partial charge on any atom is -0.457 e. The number of amides is 1. The molecule has 1 fully saturated rings. The molecule has 190 valence electrons. The van der Waals surface area contributed by atoms with Crippen molar-refractivity contribution in [1.29, 1.82) is 0 Å². The van der Waals surface area contributed by atoms with Gasteiger partial charge >= 0.3 is 5.97 Å². The molecule has 4 aliphatic rings. The summed E-state index contributed by atoms with van der Waals surface area (Å²) in [4.78, 5) is 60.7. The number of aromatic nitrogens is 1. The van der Waals surface area contributed by atoms with Gasteiger partial charge in [0.05, 0.1) is 23.2 Å². The van der Waals surface area contributed by atoms with Crippen LogP contribution in [0.3, 0.4) is 0 Å². The number of nitrogens with two attached hydrogens (primary N) is 1. The van der Waals surface area contributed by atoms with E-state index in [1.165, 1.54) is 24.4 Å². The maximum Gasteiger partial charge on any atom is 0.315 e. The molecule has 12 heteroatoms. The molecule has 0 bridgehead atoms. The fraction of sp³-hybridized carbons (Fsp3) is 0.280. The first-order chi connectivity index (χ1) is 17.7. The van der Waals surface area contributed by atoms with E-state index in [0.717, 1.165) is 6.08 Å². The lowest BCUT2D eigenvalue weighted by Gasteiger charge is -2.39. The number of allylic oxidation sites excluding steroid dienone is 6. The van der Waals surface area contributed by atoms with Crippen molar-refractivity contribution in [3.05, 3.63) is 68.2 Å². The fourth-order valence-corrected chi connectivity index (χ4v) is 5.58. The van der Waals surface area contributed by atoms with Gasteiger partial charge in [-0.2, -0.15) is 0 Å². The van der Waals surface area contributed by atoms with E-state index < -0.39 is 35.9 Å². The molecule has 37 heavy (non-hydrogen) atoms. The number of rotatable bonds is 4. The summed E-state index contributed by atoms with van der Waals surface area (Å²) >= 11 is 12.3. The van der Waals surface area contributed by atoms with Gasteiger partial charge in [-0.05, 0) is 41.3 Å². The molecular formula is C25H19Cl2FN4O5. The Morgan fingerprint density at radius 1 is 1.22 bits per heavy atom. The molecule has 1 aromatic rings. The van der Waals surface area contributed by atoms with Gasteiger partial charge in [-0.3, -0.25) is 24.2 Å². The van der Waals surface area contributed by atoms with Crippen molar-refractivity contribution in [2.45, 2.75) is 18.9 Å². The highest BCUT2D eigenvalue weighted by atomic mass is 35.5. The minimum absolute atomic E-state index is 0.0205. The summed E-state index contributed by atoms with van der Waals surface area (Å²) in [6, 6.07) is 2.39. The van der Waals surface area contributed by atoms with Crippen LogP contribution < -0.4 is 5.73 Å². The van der Waals surface area contributed by atoms with Crippen molar-refractivity contribution in [2.75, 3.05) is 25.4 Å². The standard InChI is InChI=1S/C25H19Cl2FN4O5/c26-16-8-30-7-14-18-2-4-21(35)32(18)9-15(22(14)13-5-11(33)6-17(28)23(13)16)25(36)37-10-19(34)12-1-3-20(29)31-24(12)27/h1,3,5-6,8,15,18H,2,4,7,9-10H2,(H2,29,31)/b23-16-,30-8?. The second-order valence-electron chi connectivity index (χ2n) is 8.84. The number of ketones is 2. The molecule has 0 radical (unpaired) electrons. The van der Waals surface area contributed by atoms with Crippen molar-refractivity contribution < 1.29 is 28.3 Å². The number of aliphatic imine (C=N–C) groups is 1. The van der Waals surface area contributed by atoms with Crippen molar-refractivity contribution in [3.63, 3.8) is 0 Å². The lowest BCUT2D eigenvalue weighted by molar-refractivity contribution is -0.147. The Labute approximate surface area is 220 Å². The molecule has 4 heterocycles. The van der Waals surface area contributed by atoms with Gasteiger partial charge in [0.1, 0.15) is 22.7 Å². The van der Waals surface area contributed by atoms with Crippen LogP contribution in [0.1, 0.15) is 23.2 Å². The smallest absolute Gasteiger partial charge is 0.315 e. The van der Waals surface area contributed by atoms with Crippen molar-refractivity contribution in [1.82, 2.24) is 9.88 Å². The molecule has 1 aliphatic carbocycles. The zero-order chi connectivity index (χ0) is 26.4. The summed E-state index contributed by atoms with van der Waals surface area (Å²) in [6.07, 6.45) is 4.07. The maximum atomic E-state index is 15.0. The molecule has 5 rings (SSSR count). The number of hydrogen-bond acceptors (Lipinski definition) is 8. The average Bonchev–Trinajstić information content (AvgIpc) is 3.20. The van der Waals surface area contributed by atoms with E-state index in [2.05, 4.69) is 9.98 Å². The number of carbonyl (C=O) groups excluding carboxylic acids is 4. The van der Waals surface area contributed by atoms with E-state index in [4.69, 9.17) is 33.7 Å². The van der Waals surface area contributed by atoms with E-state index in [1.807, 2.05) is 0 Å². The third-order valence-corrected chi connectivity index (χ3v) is 7.24. The summed E-state index contributed by atoms with van der Waals surface area (Å²) in [5.41, 5.74) is 6.59. The number of halogens is 3. The average molecular weight is 545 g/mol. The second-order valence-corrected chi connectivity index (χ2v) is 9.61. The second kappa shape index (κ2) is 9.68. The first-order valence-electron chi connectivity index (χ1n) is 11.3. The Hall–Kier alpha value is -3.63. The predicted octanol–water partition coefficient (Wildman–Crippen LogP) is 2.90. The first-order valence-corrected chi connectivity index (χ1v) is 12.1. The van der Waals surface area contributed by atoms with Crippen LogP contribution in [0.4, 0.5) is 10.2 Å². The third kappa shape index (κ3) is 4.51. The van der Waals surface area contributed by atoms with Gasteiger partial charge in [-0.25, -0.2) is 9.37 Å². The number of pyridine rings is 1. The molecule has 0 saturated carbocycles. The Balaban J connectivity index is 1.52. The summed E-state index contributed by atoms with van der Waals surface area (Å²) < 4.78 is 20.3. The van der Waals surface area contributed by atoms with Crippen molar-refractivity contribution >= 4 is 58.7 Å². The highest BCUT2D eigenvalue weighted by Crippen LogP contribution is 2.45. The summed E-state index contributed by atoms with van der Waals surface area (Å²) in [5, 5.41) is -0.165. The van der Waals surface area contributed by atoms with Crippen LogP contribution in [0.15, 0.2) is 62.4 Å². The van der Waals surface area contributed by atoms with Crippen LogP contribution in [-0.4, -0.2) is 65.3 Å². The van der Waals surface area contributed by atoms with Crippen LogP contribution in [0.5, 0.6) is 0 Å². The number of nitrogens with zero attached hydrogens (tertiary/aromatic N) is 3. The lowest BCUT2D eigenvalue weighted by Crippen LogP contribution is -2.47. The quantitative estimate of drug-likeness (QED) is 0.350. The zero-order valence-electron chi connectivity index (χ0n) is 19.2. The molecule has 1 amide bonds. The largest absolute Gasteiger partial charge is 0.457 e. The van der Waals surface area contributed by atoms with Gasteiger partial charge in [0.25, 0.3) is 0 Å². The van der Waals surface area contributed by atoms with E-state index in [0.29, 0.717) is 17.6 Å². The normalized spacial score (nSPS) is 25.0. The van der Waals surface area contributed by atoms with Gasteiger partial charge in [-0.1, -0.05) is 23.2 Å². The summed E-state index contributed by atoms with van der Waals surface area (Å²) in [7, 11) is 0. The van der Waals surface area contributed by atoms with Crippen LogP contribution in [0.25, 0.3) is 0 Å². The Morgan fingerprint density at radius 3 is 2.76 bits per heavy atom. The molecule has 1 aromatic heterocycles. The number of carbonyl (C=O) groups is 4. The van der Waals surface area contributed by atoms with Crippen molar-refractivity contribution in [3.8, 4) is 0 Å². The van der Waals surface area contributed by atoms with Crippen LogP contribution in [0.2, 0.25) is 5.15 Å². The Kier molecular flexibility index (Phi) is 6.55. The number of hydrogen-bond donors (Lipinski definition) is 1. The van der Waals surface area contributed by atoms with Crippen LogP contribution >= 0.6 is 23.2 Å². The molecule has 2 atom stereocenters. The van der Waals surface area contributed by atoms with E-state index >= 15 is 0 Å². The Bertz CT molecular complexity index is 1430. The number of anilines is 1. The van der Waals surface area contributed by atoms with Crippen molar-refractivity contribution in [2.24, 2.45) is 10.9 Å². The number of ether oxygens (including phenoxy) is 1. The highest BCUT2D eigenvalue weighted by molar-refractivity contribution is 6.40. The van der Waals surface area contributed by atoms with Gasteiger partial charge in [0, 0.05) is 30.8 Å². The zero-order valence-corrected chi connectivity index (χ0v) is 20.7. The summed E-state index contributed by atoms with van der Waals surface area (Å²) in [6.45, 7) is -0.640. The first kappa shape index (κ1) is 25.0. The van der Waals surface area contributed by atoms with Crippen LogP contribution in [-0.2, 0) is 19.1 Å². The fourth-order valence-electron chi connectivity index (χ4n) is 5.06. The topological polar surface area (TPSA) is 132 Å². The lowest BCUT2D eigenvalue weighted by atomic mass is 9.76. The molecule has 2 unspecified atom stereocenters. The maximum absolute atomic E-state index is 15.0. The van der Waals surface area contributed by atoms with Gasteiger partial charge in [0.15, 0.2) is 12.4 Å². The van der Waals surface area contributed by atoms with Gasteiger partial charge < -0.3 is 15.4 Å². The third-order valence-electron chi connectivity index (χ3n) is 6.66. The summed E-state index contributed by atoms with van der Waals surface area (Å²) in [5.74, 6) is -4.05. The predicted molar refractivity (Wildman–Crippen MR) is 133 cm³/mol. The SMILES string of the molecule is Nc1ccc(C(=O)COC(=O)C2CN3C(=O)CCC3C3=C2C2=CC(=O)C=C(F)/C2=C(\Cl)C=NC3)c(Cl)n1. The molecule has 1 saturated heterocycles. The Morgan fingerprint density at radius 2 is 2.00 bits per heavy atom. The monoisotopic (exact) mass is 544 g/mol. The van der Waals surface area contributed by atoms with Crippen LogP contribution in [0, 0.1) is 5.92 Å². The number of fused-ring (bicyclic) bond motifs is 4. The molecule has 0 spiro atoms.